The van der Waals surface area contributed by atoms with E-state index in [1.807, 2.05) is 7.05 Å². The summed E-state index contributed by atoms with van der Waals surface area (Å²) in [4.78, 5) is 6.75. The monoisotopic (exact) mass is 322 g/mol. The average Bonchev–Trinajstić information content (AvgIpc) is 3.06. The van der Waals surface area contributed by atoms with Gasteiger partial charge >= 0.3 is 0 Å². The highest BCUT2D eigenvalue weighted by Crippen LogP contribution is 2.19. The van der Waals surface area contributed by atoms with Crippen molar-refractivity contribution >= 4 is 17.3 Å². The van der Waals surface area contributed by atoms with E-state index in [0.29, 0.717) is 5.92 Å². The van der Waals surface area contributed by atoms with Crippen LogP contribution in [0.2, 0.25) is 0 Å². The molecule has 4 nitrogen and oxygen atoms in total. The lowest BCUT2D eigenvalue weighted by molar-refractivity contribution is 0.213. The predicted molar refractivity (Wildman–Crippen MR) is 96.9 cm³/mol. The summed E-state index contributed by atoms with van der Waals surface area (Å²) >= 11 is 1.76. The van der Waals surface area contributed by atoms with Gasteiger partial charge in [0.25, 0.3) is 0 Å². The van der Waals surface area contributed by atoms with Crippen LogP contribution in [0.25, 0.3) is 0 Å². The minimum atomic E-state index is 0.513. The standard InChI is InChI=1S/C17H30N4S/c1-14(16-7-11-22-13-16)12-20-17(18-2)19-8-4-15-5-9-21(3)10-6-15/h7,11,13-15H,4-6,8-10,12H2,1-3H3,(H2,18,19,20). The molecule has 1 aromatic heterocycles. The average molecular weight is 323 g/mol. The molecule has 1 atom stereocenters. The summed E-state index contributed by atoms with van der Waals surface area (Å²) in [6, 6.07) is 2.20. The highest BCUT2D eigenvalue weighted by molar-refractivity contribution is 7.07. The number of nitrogens with zero attached hydrogens (tertiary/aromatic N) is 2. The SMILES string of the molecule is CN=C(NCCC1CCN(C)CC1)NCC(C)c1ccsc1. The van der Waals surface area contributed by atoms with Gasteiger partial charge in [0.05, 0.1) is 0 Å². The van der Waals surface area contributed by atoms with Gasteiger partial charge < -0.3 is 15.5 Å². The van der Waals surface area contributed by atoms with E-state index >= 15 is 0 Å². The number of likely N-dealkylation sites (tertiary alicyclic amines) is 1. The summed E-state index contributed by atoms with van der Waals surface area (Å²) in [6.45, 7) is 6.68. The molecule has 2 rings (SSSR count). The number of nitrogens with one attached hydrogen (secondary N) is 2. The molecule has 2 N–H and O–H groups in total. The van der Waals surface area contributed by atoms with Crippen molar-refractivity contribution in [2.75, 3.05) is 40.3 Å². The Morgan fingerprint density at radius 1 is 1.41 bits per heavy atom. The first kappa shape index (κ1) is 17.3. The van der Waals surface area contributed by atoms with Crippen molar-refractivity contribution in [3.8, 4) is 0 Å². The lowest BCUT2D eigenvalue weighted by Gasteiger charge is -2.29. The zero-order valence-corrected chi connectivity index (χ0v) is 15.0. The predicted octanol–water partition coefficient (Wildman–Crippen LogP) is 2.75. The Kier molecular flexibility index (Phi) is 7.19. The summed E-state index contributed by atoms with van der Waals surface area (Å²) < 4.78 is 0. The van der Waals surface area contributed by atoms with Crippen molar-refractivity contribution in [2.45, 2.75) is 32.1 Å². The lowest BCUT2D eigenvalue weighted by Crippen LogP contribution is -2.40. The number of piperidine rings is 1. The first-order valence-corrected chi connectivity index (χ1v) is 9.28. The van der Waals surface area contributed by atoms with Crippen LogP contribution in [0.15, 0.2) is 21.8 Å². The van der Waals surface area contributed by atoms with Gasteiger partial charge in [-0.15, -0.1) is 0 Å². The van der Waals surface area contributed by atoms with Crippen molar-refractivity contribution in [3.63, 3.8) is 0 Å². The number of guanidine groups is 1. The number of hydrogen-bond acceptors (Lipinski definition) is 3. The van der Waals surface area contributed by atoms with Crippen LogP contribution < -0.4 is 10.6 Å². The van der Waals surface area contributed by atoms with E-state index in [0.717, 1.165) is 25.0 Å². The second kappa shape index (κ2) is 9.16. The largest absolute Gasteiger partial charge is 0.356 e. The first-order chi connectivity index (χ1) is 10.7. The van der Waals surface area contributed by atoms with Crippen LogP contribution >= 0.6 is 11.3 Å². The van der Waals surface area contributed by atoms with Crippen LogP contribution in [-0.2, 0) is 0 Å². The van der Waals surface area contributed by atoms with Gasteiger partial charge in [0.1, 0.15) is 0 Å². The highest BCUT2D eigenvalue weighted by Gasteiger charge is 2.16. The normalized spacial score (nSPS) is 19.1. The van der Waals surface area contributed by atoms with E-state index in [1.165, 1.54) is 37.9 Å². The summed E-state index contributed by atoms with van der Waals surface area (Å²) in [6.07, 6.45) is 3.91. The minimum Gasteiger partial charge on any atom is -0.356 e. The number of aliphatic imine (C=N–C) groups is 1. The van der Waals surface area contributed by atoms with Gasteiger partial charge in [-0.05, 0) is 73.6 Å². The molecular weight excluding hydrogens is 292 g/mol. The number of thiophene rings is 1. The molecule has 1 aliphatic heterocycles. The number of hydrogen-bond donors (Lipinski definition) is 2. The number of rotatable bonds is 6. The van der Waals surface area contributed by atoms with E-state index in [4.69, 9.17) is 0 Å². The smallest absolute Gasteiger partial charge is 0.190 e. The molecule has 0 aromatic carbocycles. The molecule has 124 valence electrons. The molecular formula is C17H30N4S. The topological polar surface area (TPSA) is 39.7 Å². The van der Waals surface area contributed by atoms with E-state index in [9.17, 15) is 0 Å². The summed E-state index contributed by atoms with van der Waals surface area (Å²) in [7, 11) is 4.06. The van der Waals surface area contributed by atoms with Crippen molar-refractivity contribution in [1.82, 2.24) is 15.5 Å². The minimum absolute atomic E-state index is 0.513. The fourth-order valence-corrected chi connectivity index (χ4v) is 3.67. The molecule has 22 heavy (non-hydrogen) atoms. The summed E-state index contributed by atoms with van der Waals surface area (Å²) in [5.41, 5.74) is 1.40. The van der Waals surface area contributed by atoms with Gasteiger partial charge in [0.15, 0.2) is 5.96 Å². The van der Waals surface area contributed by atoms with E-state index < -0.39 is 0 Å². The molecule has 0 saturated carbocycles. The molecule has 0 amide bonds. The molecule has 0 spiro atoms. The fraction of sp³-hybridized carbons (Fsp3) is 0.706. The molecule has 1 fully saturated rings. The van der Waals surface area contributed by atoms with Crippen LogP contribution in [-0.4, -0.2) is 51.1 Å². The molecule has 0 aliphatic carbocycles. The highest BCUT2D eigenvalue weighted by atomic mass is 32.1. The van der Waals surface area contributed by atoms with Crippen molar-refractivity contribution < 1.29 is 0 Å². The maximum absolute atomic E-state index is 4.32. The molecule has 1 unspecified atom stereocenters. The van der Waals surface area contributed by atoms with E-state index in [-0.39, 0.29) is 0 Å². The molecule has 1 aromatic rings. The fourth-order valence-electron chi connectivity index (χ4n) is 2.89. The Morgan fingerprint density at radius 2 is 2.18 bits per heavy atom. The Bertz CT molecular complexity index is 436. The molecule has 1 saturated heterocycles. The molecule has 2 heterocycles. The molecule has 0 bridgehead atoms. The van der Waals surface area contributed by atoms with Crippen LogP contribution in [0.4, 0.5) is 0 Å². The van der Waals surface area contributed by atoms with Crippen molar-refractivity contribution in [2.24, 2.45) is 10.9 Å². The summed E-state index contributed by atoms with van der Waals surface area (Å²) in [5.74, 6) is 2.31. The third kappa shape index (κ3) is 5.61. The van der Waals surface area contributed by atoms with E-state index in [1.54, 1.807) is 11.3 Å². The van der Waals surface area contributed by atoms with Gasteiger partial charge in [-0.25, -0.2) is 0 Å². The maximum atomic E-state index is 4.32. The Labute approximate surface area is 139 Å². The van der Waals surface area contributed by atoms with Gasteiger partial charge in [0, 0.05) is 20.1 Å². The van der Waals surface area contributed by atoms with Gasteiger partial charge in [-0.3, -0.25) is 4.99 Å². The second-order valence-electron chi connectivity index (χ2n) is 6.37. The van der Waals surface area contributed by atoms with Crippen LogP contribution in [0, 0.1) is 5.92 Å². The first-order valence-electron chi connectivity index (χ1n) is 8.34. The quantitative estimate of drug-likeness (QED) is 0.625. The van der Waals surface area contributed by atoms with Crippen LogP contribution in [0.3, 0.4) is 0 Å². The molecule has 0 radical (unpaired) electrons. The molecule has 5 heteroatoms. The zero-order chi connectivity index (χ0) is 15.8. The Morgan fingerprint density at radius 3 is 2.82 bits per heavy atom. The Balaban J connectivity index is 1.63. The third-order valence-corrected chi connectivity index (χ3v) is 5.30. The Hall–Kier alpha value is -1.07. The third-order valence-electron chi connectivity index (χ3n) is 4.59. The van der Waals surface area contributed by atoms with E-state index in [2.05, 4.69) is 51.3 Å². The van der Waals surface area contributed by atoms with Gasteiger partial charge in [-0.2, -0.15) is 11.3 Å². The van der Waals surface area contributed by atoms with Gasteiger partial charge in [-0.1, -0.05) is 6.92 Å². The van der Waals surface area contributed by atoms with Crippen LogP contribution in [0.5, 0.6) is 0 Å². The second-order valence-corrected chi connectivity index (χ2v) is 7.15. The van der Waals surface area contributed by atoms with Gasteiger partial charge in [0.2, 0.25) is 0 Å². The van der Waals surface area contributed by atoms with Crippen molar-refractivity contribution in [1.29, 1.82) is 0 Å². The lowest BCUT2D eigenvalue weighted by atomic mass is 9.94. The maximum Gasteiger partial charge on any atom is 0.190 e. The van der Waals surface area contributed by atoms with Crippen molar-refractivity contribution in [3.05, 3.63) is 22.4 Å². The molecule has 1 aliphatic rings. The van der Waals surface area contributed by atoms with Crippen LogP contribution in [0.1, 0.15) is 37.7 Å². The zero-order valence-electron chi connectivity index (χ0n) is 14.1. The summed E-state index contributed by atoms with van der Waals surface area (Å²) in [5, 5.41) is 11.3.